The van der Waals surface area contributed by atoms with Crippen molar-refractivity contribution in [2.24, 2.45) is 0 Å². The summed E-state index contributed by atoms with van der Waals surface area (Å²) >= 11 is 8.12. The van der Waals surface area contributed by atoms with Crippen molar-refractivity contribution in [3.8, 4) is 11.1 Å². The monoisotopic (exact) mass is 561 g/mol. The molecule has 0 radical (unpaired) electrons. The van der Waals surface area contributed by atoms with Crippen LogP contribution in [0.2, 0.25) is 0 Å². The Morgan fingerprint density at radius 1 is 0.921 bits per heavy atom. The lowest BCUT2D eigenvalue weighted by Crippen LogP contribution is -2.19. The van der Waals surface area contributed by atoms with E-state index in [1.54, 1.807) is 6.92 Å². The summed E-state index contributed by atoms with van der Waals surface area (Å²) in [5.41, 5.74) is 4.86. The normalized spacial score (nSPS) is 10.5. The maximum atomic E-state index is 12.9. The van der Waals surface area contributed by atoms with E-state index in [1.165, 1.54) is 23.1 Å². The zero-order valence-corrected chi connectivity index (χ0v) is 23.4. The van der Waals surface area contributed by atoms with Gasteiger partial charge in [-0.1, -0.05) is 54.1 Å². The third-order valence-electron chi connectivity index (χ3n) is 5.38. The molecule has 0 atom stereocenters. The number of thiophene rings is 1. The van der Waals surface area contributed by atoms with E-state index in [2.05, 4.69) is 16.0 Å². The van der Waals surface area contributed by atoms with Crippen molar-refractivity contribution >= 4 is 68.7 Å². The van der Waals surface area contributed by atoms with Crippen molar-refractivity contribution < 1.29 is 14.3 Å². The highest BCUT2D eigenvalue weighted by atomic mass is 32.2. The number of anilines is 3. The predicted molar refractivity (Wildman–Crippen MR) is 163 cm³/mol. The molecule has 0 fully saturated rings. The molecule has 0 spiro atoms. The molecule has 0 bridgehead atoms. The van der Waals surface area contributed by atoms with E-state index in [4.69, 9.17) is 17.0 Å². The average molecular weight is 562 g/mol. The van der Waals surface area contributed by atoms with E-state index < -0.39 is 5.97 Å². The Morgan fingerprint density at radius 3 is 2.37 bits per heavy atom. The van der Waals surface area contributed by atoms with Gasteiger partial charge in [0.05, 0.1) is 12.4 Å². The van der Waals surface area contributed by atoms with Crippen LogP contribution in [0.1, 0.15) is 22.8 Å². The lowest BCUT2D eigenvalue weighted by atomic mass is 10.0. The van der Waals surface area contributed by atoms with E-state index >= 15 is 0 Å². The average Bonchev–Trinajstić information content (AvgIpc) is 3.32. The van der Waals surface area contributed by atoms with Gasteiger partial charge in [0.15, 0.2) is 5.11 Å². The first-order valence-electron chi connectivity index (χ1n) is 11.9. The number of nitrogens with one attached hydrogen (secondary N) is 3. The molecular weight excluding hydrogens is 535 g/mol. The number of hydrogen-bond donors (Lipinski definition) is 3. The van der Waals surface area contributed by atoms with Crippen molar-refractivity contribution in [2.45, 2.75) is 18.7 Å². The smallest absolute Gasteiger partial charge is 0.341 e. The van der Waals surface area contributed by atoms with Crippen molar-refractivity contribution in [1.82, 2.24) is 0 Å². The van der Waals surface area contributed by atoms with Crippen LogP contribution in [0.25, 0.3) is 11.1 Å². The van der Waals surface area contributed by atoms with Crippen LogP contribution in [0.4, 0.5) is 16.4 Å². The number of amides is 1. The number of carbonyl (C=O) groups excluding carboxylic acids is 2. The zero-order valence-electron chi connectivity index (χ0n) is 20.9. The predicted octanol–water partition coefficient (Wildman–Crippen LogP) is 7.44. The van der Waals surface area contributed by atoms with E-state index in [0.717, 1.165) is 33.0 Å². The summed E-state index contributed by atoms with van der Waals surface area (Å²) in [7, 11) is 0. The molecule has 6 nitrogen and oxygen atoms in total. The molecular formula is C29H27N3O3S3. The lowest BCUT2D eigenvalue weighted by Gasteiger charge is -2.12. The Kier molecular flexibility index (Phi) is 9.53. The van der Waals surface area contributed by atoms with Gasteiger partial charge < -0.3 is 20.7 Å². The van der Waals surface area contributed by atoms with Gasteiger partial charge >= 0.3 is 5.97 Å². The fraction of sp³-hybridized carbons (Fsp3) is 0.138. The molecule has 38 heavy (non-hydrogen) atoms. The van der Waals surface area contributed by atoms with Crippen LogP contribution in [-0.2, 0) is 9.53 Å². The Balaban J connectivity index is 1.39. The van der Waals surface area contributed by atoms with E-state index in [9.17, 15) is 9.59 Å². The first-order chi connectivity index (χ1) is 18.4. The van der Waals surface area contributed by atoms with E-state index in [-0.39, 0.29) is 18.3 Å². The summed E-state index contributed by atoms with van der Waals surface area (Å²) in [5, 5.41) is 12.1. The SMILES string of the molecule is CCOC(=O)c1c(-c2ccc(C)cc2)csc1NC(=O)CSc1cccc(NC(=S)Nc2ccccc2)c1. The molecule has 0 saturated carbocycles. The van der Waals surface area contributed by atoms with Crippen molar-refractivity contribution in [1.29, 1.82) is 0 Å². The van der Waals surface area contributed by atoms with Crippen LogP contribution in [0.5, 0.6) is 0 Å². The number of thiocarbonyl (C=S) groups is 1. The van der Waals surface area contributed by atoms with Crippen LogP contribution < -0.4 is 16.0 Å². The number of aryl methyl sites for hydroxylation is 1. The second kappa shape index (κ2) is 13.2. The summed E-state index contributed by atoms with van der Waals surface area (Å²) in [6.45, 7) is 4.02. The maximum Gasteiger partial charge on any atom is 0.341 e. The van der Waals surface area contributed by atoms with Crippen LogP contribution in [-0.4, -0.2) is 29.3 Å². The minimum Gasteiger partial charge on any atom is -0.462 e. The maximum absolute atomic E-state index is 12.9. The summed E-state index contributed by atoms with van der Waals surface area (Å²) in [4.78, 5) is 26.6. The Hall–Kier alpha value is -3.66. The molecule has 0 aliphatic heterocycles. The van der Waals surface area contributed by atoms with Crippen LogP contribution in [0, 0.1) is 6.92 Å². The Labute approximate surface area is 235 Å². The number of esters is 1. The molecule has 1 amide bonds. The number of ether oxygens (including phenoxy) is 1. The first-order valence-corrected chi connectivity index (χ1v) is 14.2. The van der Waals surface area contributed by atoms with Gasteiger partial charge in [-0.05, 0) is 62.0 Å². The summed E-state index contributed by atoms with van der Waals surface area (Å²) in [6, 6.07) is 25.3. The summed E-state index contributed by atoms with van der Waals surface area (Å²) < 4.78 is 5.29. The van der Waals surface area contributed by atoms with Gasteiger partial charge in [0.1, 0.15) is 10.6 Å². The number of benzene rings is 3. The topological polar surface area (TPSA) is 79.5 Å². The lowest BCUT2D eigenvalue weighted by molar-refractivity contribution is -0.113. The molecule has 1 aromatic heterocycles. The van der Waals surface area contributed by atoms with Gasteiger partial charge in [-0.15, -0.1) is 23.1 Å². The largest absolute Gasteiger partial charge is 0.462 e. The number of carbonyl (C=O) groups is 2. The van der Waals surface area contributed by atoms with Crippen molar-refractivity contribution in [3.05, 3.63) is 95.4 Å². The van der Waals surface area contributed by atoms with Gasteiger partial charge in [0.2, 0.25) is 5.91 Å². The molecule has 194 valence electrons. The third-order valence-corrected chi connectivity index (χ3v) is 7.47. The molecule has 1 heterocycles. The Morgan fingerprint density at radius 2 is 1.63 bits per heavy atom. The minimum absolute atomic E-state index is 0.177. The van der Waals surface area contributed by atoms with Crippen molar-refractivity contribution in [2.75, 3.05) is 28.3 Å². The molecule has 0 unspecified atom stereocenters. The zero-order chi connectivity index (χ0) is 26.9. The molecule has 9 heteroatoms. The second-order valence-electron chi connectivity index (χ2n) is 8.25. The molecule has 0 aliphatic rings. The van der Waals surface area contributed by atoms with E-state index in [0.29, 0.717) is 15.7 Å². The van der Waals surface area contributed by atoms with Crippen molar-refractivity contribution in [3.63, 3.8) is 0 Å². The fourth-order valence-electron chi connectivity index (χ4n) is 3.59. The number of hydrogen-bond acceptors (Lipinski definition) is 6. The van der Waals surface area contributed by atoms with Crippen LogP contribution in [0.3, 0.4) is 0 Å². The number of para-hydroxylation sites is 1. The second-order valence-corrected chi connectivity index (χ2v) is 10.6. The molecule has 4 aromatic rings. The Bertz CT molecular complexity index is 1420. The van der Waals surface area contributed by atoms with Gasteiger partial charge in [0.25, 0.3) is 0 Å². The summed E-state index contributed by atoms with van der Waals surface area (Å²) in [6.07, 6.45) is 0. The summed E-state index contributed by atoms with van der Waals surface area (Å²) in [5.74, 6) is -0.487. The third kappa shape index (κ3) is 7.44. The molecule has 4 rings (SSSR count). The molecule has 3 aromatic carbocycles. The molecule has 0 saturated heterocycles. The number of thioether (sulfide) groups is 1. The van der Waals surface area contributed by atoms with Gasteiger partial charge in [0, 0.05) is 27.2 Å². The molecule has 3 N–H and O–H groups in total. The van der Waals surface area contributed by atoms with Gasteiger partial charge in [-0.25, -0.2) is 4.79 Å². The number of rotatable bonds is 9. The van der Waals surface area contributed by atoms with Crippen LogP contribution >= 0.6 is 35.3 Å². The minimum atomic E-state index is -0.453. The fourth-order valence-corrected chi connectivity index (χ4v) is 5.56. The van der Waals surface area contributed by atoms with E-state index in [1.807, 2.05) is 91.2 Å². The quantitative estimate of drug-likeness (QED) is 0.111. The highest BCUT2D eigenvalue weighted by Gasteiger charge is 2.22. The molecule has 0 aliphatic carbocycles. The first kappa shape index (κ1) is 27.4. The van der Waals surface area contributed by atoms with Gasteiger partial charge in [-0.3, -0.25) is 4.79 Å². The highest BCUT2D eigenvalue weighted by Crippen LogP contribution is 2.36. The standard InChI is InChI=1S/C29H27N3O3S3/c1-3-35-28(34)26-24(20-14-12-19(2)13-15-20)17-38-27(26)32-25(33)18-37-23-11-7-10-22(16-23)31-29(36)30-21-8-5-4-6-9-21/h4-17H,3,18H2,1-2H3,(H,32,33)(H2,30,31,36). The van der Waals surface area contributed by atoms with Gasteiger partial charge in [-0.2, -0.15) is 0 Å². The van der Waals surface area contributed by atoms with Crippen LogP contribution in [0.15, 0.2) is 89.1 Å². The highest BCUT2D eigenvalue weighted by molar-refractivity contribution is 8.00.